The van der Waals surface area contributed by atoms with Crippen molar-refractivity contribution in [3.8, 4) is 0 Å². The molecule has 0 N–H and O–H groups in total. The maximum Gasteiger partial charge on any atom is 0.123 e. The minimum atomic E-state index is -0.163. The summed E-state index contributed by atoms with van der Waals surface area (Å²) < 4.78 is 12.8. The standard InChI is InChI=1S/C14H22FN/c1-4-10-16(11-9-12(2)3)14-7-5-13(15)6-8-14/h5-8,12H,4,9-11H2,1-3H3. The molecule has 16 heavy (non-hydrogen) atoms. The fraction of sp³-hybridized carbons (Fsp3) is 0.571. The number of rotatable bonds is 6. The number of benzene rings is 1. The number of anilines is 1. The topological polar surface area (TPSA) is 3.24 Å². The van der Waals surface area contributed by atoms with Crippen LogP contribution >= 0.6 is 0 Å². The van der Waals surface area contributed by atoms with Crippen molar-refractivity contribution in [1.82, 2.24) is 0 Å². The van der Waals surface area contributed by atoms with Crippen LogP contribution < -0.4 is 4.90 Å². The van der Waals surface area contributed by atoms with E-state index in [0.29, 0.717) is 5.92 Å². The number of hydrogen-bond donors (Lipinski definition) is 0. The highest BCUT2D eigenvalue weighted by Crippen LogP contribution is 2.16. The molecule has 0 fully saturated rings. The van der Waals surface area contributed by atoms with Gasteiger partial charge in [0.25, 0.3) is 0 Å². The molecule has 2 heteroatoms. The second-order valence-corrected chi connectivity index (χ2v) is 4.65. The lowest BCUT2D eigenvalue weighted by Crippen LogP contribution is -2.26. The highest BCUT2D eigenvalue weighted by Gasteiger charge is 2.06. The molecule has 0 aliphatic carbocycles. The number of nitrogens with zero attached hydrogens (tertiary/aromatic N) is 1. The zero-order chi connectivity index (χ0) is 12.0. The summed E-state index contributed by atoms with van der Waals surface area (Å²) in [5, 5.41) is 0. The molecule has 0 radical (unpaired) electrons. The highest BCUT2D eigenvalue weighted by molar-refractivity contribution is 5.46. The minimum Gasteiger partial charge on any atom is -0.372 e. The fourth-order valence-corrected chi connectivity index (χ4v) is 1.71. The molecular formula is C14H22FN. The van der Waals surface area contributed by atoms with Crippen LogP contribution in [0.15, 0.2) is 24.3 Å². The maximum absolute atomic E-state index is 12.8. The van der Waals surface area contributed by atoms with Crippen LogP contribution in [0.2, 0.25) is 0 Å². The van der Waals surface area contributed by atoms with E-state index in [4.69, 9.17) is 0 Å². The molecule has 90 valence electrons. The third kappa shape index (κ3) is 4.21. The van der Waals surface area contributed by atoms with Crippen LogP contribution in [0.1, 0.15) is 33.6 Å². The fourth-order valence-electron chi connectivity index (χ4n) is 1.71. The van der Waals surface area contributed by atoms with Crippen LogP contribution in [-0.2, 0) is 0 Å². The molecule has 0 aliphatic rings. The Labute approximate surface area is 98.3 Å². The first kappa shape index (κ1) is 13.0. The Kier molecular flexibility index (Phi) is 5.30. The molecule has 0 unspecified atom stereocenters. The summed E-state index contributed by atoms with van der Waals surface area (Å²) in [4.78, 5) is 2.33. The average Bonchev–Trinajstić information content (AvgIpc) is 2.25. The van der Waals surface area contributed by atoms with Gasteiger partial charge in [0, 0.05) is 18.8 Å². The largest absolute Gasteiger partial charge is 0.372 e. The molecule has 0 aromatic heterocycles. The highest BCUT2D eigenvalue weighted by atomic mass is 19.1. The van der Waals surface area contributed by atoms with Crippen LogP contribution in [0.4, 0.5) is 10.1 Å². The van der Waals surface area contributed by atoms with Gasteiger partial charge in [0.2, 0.25) is 0 Å². The quantitative estimate of drug-likeness (QED) is 0.702. The zero-order valence-electron chi connectivity index (χ0n) is 10.5. The van der Waals surface area contributed by atoms with Gasteiger partial charge in [-0.15, -0.1) is 0 Å². The Morgan fingerprint density at radius 3 is 2.25 bits per heavy atom. The Balaban J connectivity index is 2.64. The third-order valence-electron chi connectivity index (χ3n) is 2.66. The van der Waals surface area contributed by atoms with Crippen LogP contribution in [-0.4, -0.2) is 13.1 Å². The van der Waals surface area contributed by atoms with Crippen LogP contribution in [0, 0.1) is 11.7 Å². The van der Waals surface area contributed by atoms with E-state index in [9.17, 15) is 4.39 Å². The van der Waals surface area contributed by atoms with E-state index >= 15 is 0 Å². The van der Waals surface area contributed by atoms with Crippen LogP contribution in [0.5, 0.6) is 0 Å². The Hall–Kier alpha value is -1.05. The normalized spacial score (nSPS) is 10.8. The van der Waals surface area contributed by atoms with Gasteiger partial charge in [-0.2, -0.15) is 0 Å². The van der Waals surface area contributed by atoms with E-state index in [-0.39, 0.29) is 5.82 Å². The number of hydrogen-bond acceptors (Lipinski definition) is 1. The summed E-state index contributed by atoms with van der Waals surface area (Å²) >= 11 is 0. The third-order valence-corrected chi connectivity index (χ3v) is 2.66. The van der Waals surface area contributed by atoms with Gasteiger partial charge in [0.05, 0.1) is 0 Å². The first-order valence-corrected chi connectivity index (χ1v) is 6.14. The van der Waals surface area contributed by atoms with Gasteiger partial charge < -0.3 is 4.90 Å². The van der Waals surface area contributed by atoms with Gasteiger partial charge in [0.15, 0.2) is 0 Å². The van der Waals surface area contributed by atoms with Crippen molar-refractivity contribution >= 4 is 5.69 Å². The van der Waals surface area contributed by atoms with Crippen molar-refractivity contribution in [2.45, 2.75) is 33.6 Å². The molecule has 0 saturated carbocycles. The van der Waals surface area contributed by atoms with Gasteiger partial charge in [-0.3, -0.25) is 0 Å². The molecule has 1 rings (SSSR count). The Bertz CT molecular complexity index is 292. The van der Waals surface area contributed by atoms with E-state index < -0.39 is 0 Å². The zero-order valence-corrected chi connectivity index (χ0v) is 10.5. The first-order chi connectivity index (χ1) is 7.63. The van der Waals surface area contributed by atoms with Crippen molar-refractivity contribution in [3.63, 3.8) is 0 Å². The summed E-state index contributed by atoms with van der Waals surface area (Å²) in [6.07, 6.45) is 2.30. The number of halogens is 1. The summed E-state index contributed by atoms with van der Waals surface area (Å²) in [5.74, 6) is 0.545. The van der Waals surface area contributed by atoms with E-state index in [1.165, 1.54) is 18.6 Å². The maximum atomic E-state index is 12.8. The molecule has 1 nitrogen and oxygen atoms in total. The second kappa shape index (κ2) is 6.51. The van der Waals surface area contributed by atoms with E-state index in [0.717, 1.165) is 25.2 Å². The van der Waals surface area contributed by atoms with Gasteiger partial charge in [-0.05, 0) is 43.0 Å². The lowest BCUT2D eigenvalue weighted by atomic mass is 10.1. The van der Waals surface area contributed by atoms with E-state index in [2.05, 4.69) is 25.7 Å². The smallest absolute Gasteiger partial charge is 0.123 e. The van der Waals surface area contributed by atoms with Gasteiger partial charge in [-0.1, -0.05) is 20.8 Å². The van der Waals surface area contributed by atoms with Gasteiger partial charge >= 0.3 is 0 Å². The SMILES string of the molecule is CCCN(CCC(C)C)c1ccc(F)cc1. The molecular weight excluding hydrogens is 201 g/mol. The van der Waals surface area contributed by atoms with E-state index in [1.807, 2.05) is 12.1 Å². The molecule has 0 heterocycles. The van der Waals surface area contributed by atoms with Crippen molar-refractivity contribution in [2.75, 3.05) is 18.0 Å². The molecule has 0 amide bonds. The Morgan fingerprint density at radius 1 is 1.12 bits per heavy atom. The van der Waals surface area contributed by atoms with Crippen molar-refractivity contribution in [3.05, 3.63) is 30.1 Å². The predicted molar refractivity (Wildman–Crippen MR) is 68.4 cm³/mol. The summed E-state index contributed by atoms with van der Waals surface area (Å²) in [5.41, 5.74) is 1.13. The van der Waals surface area contributed by atoms with Crippen LogP contribution in [0.3, 0.4) is 0 Å². The first-order valence-electron chi connectivity index (χ1n) is 6.14. The monoisotopic (exact) mass is 223 g/mol. The molecule has 0 saturated heterocycles. The van der Waals surface area contributed by atoms with E-state index in [1.54, 1.807) is 0 Å². The summed E-state index contributed by atoms with van der Waals surface area (Å²) in [6, 6.07) is 6.80. The van der Waals surface area contributed by atoms with Crippen molar-refractivity contribution in [2.24, 2.45) is 5.92 Å². The van der Waals surface area contributed by atoms with Crippen LogP contribution in [0.25, 0.3) is 0 Å². The molecule has 0 bridgehead atoms. The van der Waals surface area contributed by atoms with Crippen molar-refractivity contribution < 1.29 is 4.39 Å². The van der Waals surface area contributed by atoms with Crippen molar-refractivity contribution in [1.29, 1.82) is 0 Å². The minimum absolute atomic E-state index is 0.163. The summed E-state index contributed by atoms with van der Waals surface area (Å²) in [7, 11) is 0. The molecule has 1 aromatic rings. The molecule has 1 aromatic carbocycles. The lowest BCUT2D eigenvalue weighted by molar-refractivity contribution is 0.570. The molecule has 0 spiro atoms. The second-order valence-electron chi connectivity index (χ2n) is 4.65. The Morgan fingerprint density at radius 2 is 1.75 bits per heavy atom. The lowest BCUT2D eigenvalue weighted by Gasteiger charge is -2.25. The predicted octanol–water partition coefficient (Wildman–Crippen LogP) is 4.09. The average molecular weight is 223 g/mol. The van der Waals surface area contributed by atoms with Gasteiger partial charge in [-0.25, -0.2) is 4.39 Å². The summed E-state index contributed by atoms with van der Waals surface area (Å²) in [6.45, 7) is 8.73. The van der Waals surface area contributed by atoms with Gasteiger partial charge in [0.1, 0.15) is 5.82 Å². The molecule has 0 aliphatic heterocycles. The molecule has 0 atom stereocenters.